The zero-order valence-corrected chi connectivity index (χ0v) is 18.4. The van der Waals surface area contributed by atoms with Crippen molar-refractivity contribution in [2.24, 2.45) is 5.41 Å². The van der Waals surface area contributed by atoms with Crippen molar-refractivity contribution >= 4 is 44.6 Å². The summed E-state index contributed by atoms with van der Waals surface area (Å²) < 4.78 is 25.3. The third-order valence-corrected chi connectivity index (χ3v) is 6.83. The van der Waals surface area contributed by atoms with Crippen molar-refractivity contribution in [3.8, 4) is 0 Å². The summed E-state index contributed by atoms with van der Waals surface area (Å²) in [5, 5.41) is 0.864. The molecular weight excluding hydrogens is 417 g/mol. The van der Waals surface area contributed by atoms with Gasteiger partial charge in [0.15, 0.2) is 9.84 Å². The number of hydrogen-bond donors (Lipinski definition) is 0. The first-order chi connectivity index (χ1) is 13.0. The van der Waals surface area contributed by atoms with Gasteiger partial charge in [0.05, 0.1) is 21.4 Å². The number of carbonyl (C=O) groups excluding carboxylic acids is 1. The van der Waals surface area contributed by atoms with E-state index < -0.39 is 15.3 Å². The monoisotopic (exact) mass is 439 g/mol. The summed E-state index contributed by atoms with van der Waals surface area (Å²) in [4.78, 5) is 14.9. The second-order valence-electron chi connectivity index (χ2n) is 8.16. The van der Waals surface area contributed by atoms with E-state index in [2.05, 4.69) is 0 Å². The van der Waals surface area contributed by atoms with Crippen molar-refractivity contribution in [2.75, 3.05) is 4.90 Å². The summed E-state index contributed by atoms with van der Waals surface area (Å²) in [5.41, 5.74) is 0.682. The average molecular weight is 440 g/mol. The van der Waals surface area contributed by atoms with Gasteiger partial charge in [-0.25, -0.2) is 8.42 Å². The van der Waals surface area contributed by atoms with E-state index in [4.69, 9.17) is 23.2 Å². The topological polar surface area (TPSA) is 54.5 Å². The predicted molar refractivity (Wildman–Crippen MR) is 114 cm³/mol. The summed E-state index contributed by atoms with van der Waals surface area (Å²) in [6.07, 6.45) is 1.90. The molecule has 28 heavy (non-hydrogen) atoms. The molecule has 0 bridgehead atoms. The summed E-state index contributed by atoms with van der Waals surface area (Å²) in [6, 6.07) is 11.3. The molecule has 3 rings (SSSR count). The molecule has 2 aromatic carbocycles. The van der Waals surface area contributed by atoms with Crippen LogP contribution in [-0.4, -0.2) is 20.4 Å². The molecule has 0 radical (unpaired) electrons. The minimum atomic E-state index is -3.52. The molecule has 0 atom stereocenters. The lowest BCUT2D eigenvalue weighted by Gasteiger charge is -2.30. The maximum absolute atomic E-state index is 12.9. The Hall–Kier alpha value is -1.56. The lowest BCUT2D eigenvalue weighted by Crippen LogP contribution is -2.41. The van der Waals surface area contributed by atoms with E-state index in [-0.39, 0.29) is 22.6 Å². The van der Waals surface area contributed by atoms with Crippen LogP contribution in [0.2, 0.25) is 10.0 Å². The molecule has 2 aromatic rings. The van der Waals surface area contributed by atoms with Gasteiger partial charge >= 0.3 is 0 Å². The molecule has 150 valence electrons. The molecule has 1 aliphatic carbocycles. The minimum Gasteiger partial charge on any atom is -0.307 e. The quantitative estimate of drug-likeness (QED) is 0.616. The second kappa shape index (κ2) is 7.69. The number of halogens is 2. The second-order valence-corrected chi connectivity index (χ2v) is 11.0. The molecule has 4 nitrogen and oxygen atoms in total. The van der Waals surface area contributed by atoms with Crippen LogP contribution < -0.4 is 4.90 Å². The van der Waals surface area contributed by atoms with Crippen molar-refractivity contribution in [2.45, 2.75) is 50.3 Å². The van der Waals surface area contributed by atoms with Crippen LogP contribution in [-0.2, 0) is 20.4 Å². The van der Waals surface area contributed by atoms with Gasteiger partial charge in [-0.2, -0.15) is 0 Å². The van der Waals surface area contributed by atoms with E-state index in [1.807, 2.05) is 20.8 Å². The Morgan fingerprint density at radius 1 is 1.07 bits per heavy atom. The van der Waals surface area contributed by atoms with Crippen LogP contribution in [0.5, 0.6) is 0 Å². The van der Waals surface area contributed by atoms with Gasteiger partial charge in [-0.05, 0) is 54.8 Å². The number of carbonyl (C=O) groups is 1. The zero-order valence-electron chi connectivity index (χ0n) is 16.1. The van der Waals surface area contributed by atoms with Crippen LogP contribution in [0.4, 0.5) is 5.69 Å². The highest BCUT2D eigenvalue weighted by Gasteiger charge is 2.39. The highest BCUT2D eigenvalue weighted by Crippen LogP contribution is 2.39. The highest BCUT2D eigenvalue weighted by atomic mass is 35.5. The number of benzene rings is 2. The number of hydrogen-bond acceptors (Lipinski definition) is 3. The number of nitrogens with zero attached hydrogens (tertiary/aromatic N) is 1. The fraction of sp³-hybridized carbons (Fsp3) is 0.381. The molecule has 0 aliphatic heterocycles. The molecule has 1 aliphatic rings. The maximum Gasteiger partial charge on any atom is 0.232 e. The summed E-state index contributed by atoms with van der Waals surface area (Å²) in [6.45, 7) is 5.64. The van der Waals surface area contributed by atoms with Gasteiger partial charge in [0, 0.05) is 16.5 Å². The fourth-order valence-corrected chi connectivity index (χ4v) is 4.70. The Bertz CT molecular complexity index is 991. The van der Waals surface area contributed by atoms with Crippen molar-refractivity contribution in [1.82, 2.24) is 0 Å². The largest absolute Gasteiger partial charge is 0.307 e. The van der Waals surface area contributed by atoms with Gasteiger partial charge in [0.25, 0.3) is 0 Å². The van der Waals surface area contributed by atoms with E-state index >= 15 is 0 Å². The molecule has 0 saturated heterocycles. The lowest BCUT2D eigenvalue weighted by atomic mass is 9.94. The molecule has 0 spiro atoms. The highest BCUT2D eigenvalue weighted by molar-refractivity contribution is 7.90. The maximum atomic E-state index is 12.9. The lowest BCUT2D eigenvalue weighted by molar-refractivity contribution is -0.125. The molecule has 0 N–H and O–H groups in total. The first-order valence-corrected chi connectivity index (χ1v) is 11.5. The number of sulfone groups is 1. The molecule has 0 aromatic heterocycles. The van der Waals surface area contributed by atoms with E-state index in [0.717, 1.165) is 12.8 Å². The molecule has 0 heterocycles. The Labute approximate surface area is 176 Å². The summed E-state index contributed by atoms with van der Waals surface area (Å²) in [5.74, 6) is -0.163. The third kappa shape index (κ3) is 4.70. The van der Waals surface area contributed by atoms with Crippen LogP contribution >= 0.6 is 23.2 Å². The Balaban J connectivity index is 1.87. The van der Waals surface area contributed by atoms with Crippen LogP contribution in [0.25, 0.3) is 0 Å². The van der Waals surface area contributed by atoms with Crippen molar-refractivity contribution in [1.29, 1.82) is 0 Å². The van der Waals surface area contributed by atoms with Crippen LogP contribution in [0.3, 0.4) is 0 Å². The molecule has 1 fully saturated rings. The van der Waals surface area contributed by atoms with Crippen molar-refractivity contribution in [3.63, 3.8) is 0 Å². The molecule has 1 saturated carbocycles. The summed E-state index contributed by atoms with van der Waals surface area (Å²) in [7, 11) is -3.52. The third-order valence-electron chi connectivity index (χ3n) is 4.57. The Morgan fingerprint density at radius 3 is 2.18 bits per heavy atom. The fourth-order valence-electron chi connectivity index (χ4n) is 2.95. The first kappa shape index (κ1) is 21.2. The Morgan fingerprint density at radius 2 is 1.68 bits per heavy atom. The van der Waals surface area contributed by atoms with Gasteiger partial charge < -0.3 is 4.90 Å². The van der Waals surface area contributed by atoms with Gasteiger partial charge in [0.1, 0.15) is 0 Å². The SMILES string of the molecule is CC(C)(C)C(=O)N(c1ccc(CS(=O)(=O)c2ccc(Cl)cc2)cc1Cl)C1CC1. The van der Waals surface area contributed by atoms with Gasteiger partial charge in [-0.3, -0.25) is 4.79 Å². The number of amides is 1. The van der Waals surface area contributed by atoms with E-state index in [9.17, 15) is 13.2 Å². The molecule has 1 amide bonds. The smallest absolute Gasteiger partial charge is 0.232 e. The van der Waals surface area contributed by atoms with Gasteiger partial charge in [-0.15, -0.1) is 0 Å². The average Bonchev–Trinajstić information content (AvgIpc) is 3.41. The van der Waals surface area contributed by atoms with Crippen molar-refractivity contribution < 1.29 is 13.2 Å². The van der Waals surface area contributed by atoms with E-state index in [1.165, 1.54) is 12.1 Å². The number of anilines is 1. The zero-order chi connectivity index (χ0) is 20.7. The van der Waals surface area contributed by atoms with Gasteiger partial charge in [-0.1, -0.05) is 50.0 Å². The van der Waals surface area contributed by atoms with Crippen LogP contribution in [0.1, 0.15) is 39.2 Å². The van der Waals surface area contributed by atoms with Crippen LogP contribution in [0.15, 0.2) is 47.4 Å². The minimum absolute atomic E-state index is 0.0124. The van der Waals surface area contributed by atoms with Crippen molar-refractivity contribution in [3.05, 3.63) is 58.1 Å². The van der Waals surface area contributed by atoms with Gasteiger partial charge in [0.2, 0.25) is 5.91 Å². The van der Waals surface area contributed by atoms with E-state index in [1.54, 1.807) is 35.2 Å². The summed E-state index contributed by atoms with van der Waals surface area (Å²) >= 11 is 12.3. The van der Waals surface area contributed by atoms with E-state index in [0.29, 0.717) is 21.3 Å². The number of rotatable bonds is 5. The Kier molecular flexibility index (Phi) is 5.81. The predicted octanol–water partition coefficient (Wildman–Crippen LogP) is 5.51. The van der Waals surface area contributed by atoms with Crippen LogP contribution in [0, 0.1) is 5.41 Å². The standard InChI is InChI=1S/C21H23Cl2NO3S/c1-21(2,3)20(25)24(16-7-8-16)19-11-4-14(12-18(19)23)13-28(26,27)17-9-5-15(22)6-10-17/h4-6,9-12,16H,7-8,13H2,1-3H3. The first-order valence-electron chi connectivity index (χ1n) is 9.09. The molecule has 7 heteroatoms. The molecular formula is C21H23Cl2NO3S. The normalized spacial score (nSPS) is 14.8. The molecule has 0 unspecified atom stereocenters.